The third-order valence-electron chi connectivity index (χ3n) is 2.52. The molecule has 6 heteroatoms. The quantitative estimate of drug-likeness (QED) is 0.522. The van der Waals surface area contributed by atoms with Crippen LogP contribution in [0.4, 0.5) is 5.69 Å². The molecule has 0 saturated carbocycles. The van der Waals surface area contributed by atoms with E-state index >= 15 is 0 Å². The average Bonchev–Trinajstić information content (AvgIpc) is 2.87. The molecule has 0 amide bonds. The molecule has 1 aromatic carbocycles. The molecule has 18 heavy (non-hydrogen) atoms. The Morgan fingerprint density at radius 2 is 1.94 bits per heavy atom. The molecule has 0 atom stereocenters. The van der Waals surface area contributed by atoms with Crippen molar-refractivity contribution < 1.29 is 4.92 Å². The van der Waals surface area contributed by atoms with Gasteiger partial charge in [-0.1, -0.05) is 12.1 Å². The Kier molecular flexibility index (Phi) is 2.49. The predicted molar refractivity (Wildman–Crippen MR) is 69.5 cm³/mol. The molecule has 0 aliphatic carbocycles. The number of nitrogens with zero attached hydrogens (tertiary/aromatic N) is 3. The summed E-state index contributed by atoms with van der Waals surface area (Å²) in [7, 11) is 0. The molecule has 5 nitrogen and oxygen atoms in total. The highest BCUT2D eigenvalue weighted by Crippen LogP contribution is 2.33. The zero-order valence-corrected chi connectivity index (χ0v) is 9.92. The number of benzene rings is 1. The van der Waals surface area contributed by atoms with E-state index in [2.05, 4.69) is 9.97 Å². The molecule has 88 valence electrons. The molecule has 0 unspecified atom stereocenters. The van der Waals surface area contributed by atoms with E-state index in [4.69, 9.17) is 0 Å². The van der Waals surface area contributed by atoms with Crippen molar-refractivity contribution >= 4 is 28.1 Å². The Morgan fingerprint density at radius 1 is 1.17 bits per heavy atom. The fourth-order valence-electron chi connectivity index (χ4n) is 1.70. The molecule has 0 fully saturated rings. The second-order valence-electron chi connectivity index (χ2n) is 3.64. The molecule has 2 heterocycles. The smallest absolute Gasteiger partial charge is 0.258 e. The van der Waals surface area contributed by atoms with Gasteiger partial charge in [-0.2, -0.15) is 0 Å². The first-order valence-electron chi connectivity index (χ1n) is 5.20. The van der Waals surface area contributed by atoms with Crippen molar-refractivity contribution in [3.63, 3.8) is 0 Å². The van der Waals surface area contributed by atoms with Gasteiger partial charge in [0.25, 0.3) is 5.69 Å². The Morgan fingerprint density at radius 3 is 2.72 bits per heavy atom. The number of para-hydroxylation sites is 2. The number of rotatable bonds is 2. The maximum atomic E-state index is 10.9. The van der Waals surface area contributed by atoms with E-state index in [1.165, 1.54) is 17.4 Å². The van der Waals surface area contributed by atoms with Crippen LogP contribution in [-0.2, 0) is 0 Å². The van der Waals surface area contributed by atoms with E-state index < -0.39 is 4.92 Å². The number of thiophene rings is 1. The minimum absolute atomic E-state index is 0.0737. The number of fused-ring (bicyclic) bond motifs is 1. The Hall–Kier alpha value is -2.34. The standard InChI is InChI=1S/C12H7N3O2S/c16-15(17)11-5-6-18-12(11)10-7-13-8-3-1-2-4-9(8)14-10/h1-7H. The second kappa shape index (κ2) is 4.15. The highest BCUT2D eigenvalue weighted by atomic mass is 32.1. The van der Waals surface area contributed by atoms with Gasteiger partial charge in [-0.25, -0.2) is 4.98 Å². The average molecular weight is 257 g/mol. The zero-order chi connectivity index (χ0) is 12.5. The van der Waals surface area contributed by atoms with Gasteiger partial charge in [-0.15, -0.1) is 11.3 Å². The zero-order valence-electron chi connectivity index (χ0n) is 9.11. The van der Waals surface area contributed by atoms with Gasteiger partial charge in [0.15, 0.2) is 0 Å². The molecule has 0 bridgehead atoms. The molecule has 0 saturated heterocycles. The fraction of sp³-hybridized carbons (Fsp3) is 0. The Bertz CT molecular complexity index is 739. The van der Waals surface area contributed by atoms with Gasteiger partial charge in [0.1, 0.15) is 10.6 Å². The van der Waals surface area contributed by atoms with Crippen LogP contribution in [0.3, 0.4) is 0 Å². The summed E-state index contributed by atoms with van der Waals surface area (Å²) >= 11 is 1.30. The van der Waals surface area contributed by atoms with Gasteiger partial charge in [-0.3, -0.25) is 15.1 Å². The van der Waals surface area contributed by atoms with Crippen LogP contribution < -0.4 is 0 Å². The van der Waals surface area contributed by atoms with E-state index in [1.54, 1.807) is 11.6 Å². The lowest BCUT2D eigenvalue weighted by molar-refractivity contribution is -0.383. The summed E-state index contributed by atoms with van der Waals surface area (Å²) in [5.74, 6) is 0. The lowest BCUT2D eigenvalue weighted by Gasteiger charge is -1.99. The van der Waals surface area contributed by atoms with Crippen LogP contribution in [-0.4, -0.2) is 14.9 Å². The summed E-state index contributed by atoms with van der Waals surface area (Å²) in [4.78, 5) is 19.7. The highest BCUT2D eigenvalue weighted by molar-refractivity contribution is 7.14. The summed E-state index contributed by atoms with van der Waals surface area (Å²) in [5.41, 5.74) is 2.12. The Labute approximate surface area is 106 Å². The van der Waals surface area contributed by atoms with Crippen LogP contribution in [0, 0.1) is 10.1 Å². The normalized spacial score (nSPS) is 10.7. The molecular weight excluding hydrogens is 250 g/mol. The van der Waals surface area contributed by atoms with Crippen molar-refractivity contribution in [3.05, 3.63) is 52.0 Å². The van der Waals surface area contributed by atoms with Gasteiger partial charge in [0, 0.05) is 6.07 Å². The summed E-state index contributed by atoms with van der Waals surface area (Å²) in [6, 6.07) is 8.92. The molecule has 0 spiro atoms. The summed E-state index contributed by atoms with van der Waals surface area (Å²) < 4.78 is 0. The number of nitro groups is 1. The van der Waals surface area contributed by atoms with E-state index in [-0.39, 0.29) is 5.69 Å². The molecule has 0 N–H and O–H groups in total. The molecule has 3 aromatic rings. The van der Waals surface area contributed by atoms with Crippen LogP contribution in [0.5, 0.6) is 0 Å². The van der Waals surface area contributed by atoms with Crippen LogP contribution in [0.25, 0.3) is 21.6 Å². The third kappa shape index (κ3) is 1.72. The number of aromatic nitrogens is 2. The molecule has 0 radical (unpaired) electrons. The minimum atomic E-state index is -0.400. The van der Waals surface area contributed by atoms with Crippen LogP contribution in [0.1, 0.15) is 0 Å². The first kappa shape index (κ1) is 10.8. The van der Waals surface area contributed by atoms with Gasteiger partial charge in [0.2, 0.25) is 0 Å². The largest absolute Gasteiger partial charge is 0.289 e. The first-order valence-corrected chi connectivity index (χ1v) is 6.08. The van der Waals surface area contributed by atoms with E-state index in [0.29, 0.717) is 10.6 Å². The van der Waals surface area contributed by atoms with Gasteiger partial charge >= 0.3 is 0 Å². The highest BCUT2D eigenvalue weighted by Gasteiger charge is 2.18. The van der Waals surface area contributed by atoms with Crippen molar-refractivity contribution in [2.45, 2.75) is 0 Å². The predicted octanol–water partition coefficient (Wildman–Crippen LogP) is 3.27. The lowest BCUT2D eigenvalue weighted by Crippen LogP contribution is -1.91. The van der Waals surface area contributed by atoms with E-state index in [1.807, 2.05) is 24.3 Å². The molecule has 2 aromatic heterocycles. The summed E-state index contributed by atoms with van der Waals surface area (Å²) in [5, 5.41) is 12.6. The number of hydrogen-bond acceptors (Lipinski definition) is 5. The fourth-order valence-corrected chi connectivity index (χ4v) is 2.52. The topological polar surface area (TPSA) is 68.9 Å². The molecule has 3 rings (SSSR count). The third-order valence-corrected chi connectivity index (χ3v) is 3.45. The van der Waals surface area contributed by atoms with Gasteiger partial charge < -0.3 is 0 Å². The first-order chi connectivity index (χ1) is 8.75. The van der Waals surface area contributed by atoms with Crippen LogP contribution >= 0.6 is 11.3 Å². The molecular formula is C12H7N3O2S. The van der Waals surface area contributed by atoms with E-state index in [9.17, 15) is 10.1 Å². The van der Waals surface area contributed by atoms with Crippen molar-refractivity contribution in [1.29, 1.82) is 0 Å². The maximum Gasteiger partial charge on any atom is 0.289 e. The second-order valence-corrected chi connectivity index (χ2v) is 4.55. The van der Waals surface area contributed by atoms with Gasteiger partial charge in [0.05, 0.1) is 22.2 Å². The monoisotopic (exact) mass is 257 g/mol. The van der Waals surface area contributed by atoms with Crippen LogP contribution in [0.15, 0.2) is 41.9 Å². The number of hydrogen-bond donors (Lipinski definition) is 0. The molecule has 0 aliphatic heterocycles. The van der Waals surface area contributed by atoms with Gasteiger partial charge in [-0.05, 0) is 17.5 Å². The summed E-state index contributed by atoms with van der Waals surface area (Å²) in [6.45, 7) is 0. The van der Waals surface area contributed by atoms with E-state index in [0.717, 1.165) is 11.0 Å². The summed E-state index contributed by atoms with van der Waals surface area (Å²) in [6.07, 6.45) is 1.57. The Balaban J connectivity index is 2.19. The SMILES string of the molecule is O=[N+]([O-])c1ccsc1-c1cnc2ccccc2n1. The lowest BCUT2D eigenvalue weighted by atomic mass is 10.2. The maximum absolute atomic E-state index is 10.9. The van der Waals surface area contributed by atoms with Crippen molar-refractivity contribution in [3.8, 4) is 10.6 Å². The molecule has 0 aliphatic rings. The van der Waals surface area contributed by atoms with Crippen LogP contribution in [0.2, 0.25) is 0 Å². The van der Waals surface area contributed by atoms with Crippen molar-refractivity contribution in [2.24, 2.45) is 0 Å². The van der Waals surface area contributed by atoms with Crippen molar-refractivity contribution in [2.75, 3.05) is 0 Å². The minimum Gasteiger partial charge on any atom is -0.258 e. The van der Waals surface area contributed by atoms with Crippen molar-refractivity contribution in [1.82, 2.24) is 9.97 Å².